The number of ether oxygens (including phenoxy) is 2. The van der Waals surface area contributed by atoms with Crippen molar-refractivity contribution in [2.45, 2.75) is 6.36 Å². The molecule has 0 saturated carbocycles. The van der Waals surface area contributed by atoms with Crippen LogP contribution in [0.5, 0.6) is 5.75 Å². The predicted molar refractivity (Wildman–Crippen MR) is 54.6 cm³/mol. The summed E-state index contributed by atoms with van der Waals surface area (Å²) in [6, 6.07) is 2.91. The zero-order chi connectivity index (χ0) is 14.6. The molecule has 100 valence electrons. The van der Waals surface area contributed by atoms with Crippen molar-refractivity contribution in [3.63, 3.8) is 0 Å². The summed E-state index contributed by atoms with van der Waals surface area (Å²) in [5.41, 5.74) is -1.28. The number of carbonyl (C=O) groups is 2. The minimum atomic E-state index is -4.97. The second-order valence-corrected chi connectivity index (χ2v) is 3.20. The van der Waals surface area contributed by atoms with Crippen molar-refractivity contribution in [1.29, 1.82) is 5.26 Å². The van der Waals surface area contributed by atoms with Crippen LogP contribution in [0.25, 0.3) is 0 Å². The molecule has 0 atom stereocenters. The molecule has 0 aromatic heterocycles. The van der Waals surface area contributed by atoms with Gasteiger partial charge >= 0.3 is 12.3 Å². The smallest absolute Gasteiger partial charge is 0.465 e. The molecule has 0 aliphatic heterocycles. The van der Waals surface area contributed by atoms with Crippen LogP contribution in [0, 0.1) is 11.3 Å². The lowest BCUT2D eigenvalue weighted by molar-refractivity contribution is -0.274. The van der Waals surface area contributed by atoms with Crippen molar-refractivity contribution in [2.75, 3.05) is 7.11 Å². The number of halogens is 3. The first kappa shape index (κ1) is 14.5. The van der Waals surface area contributed by atoms with E-state index in [1.165, 1.54) is 6.07 Å². The van der Waals surface area contributed by atoms with Crippen molar-refractivity contribution < 1.29 is 32.2 Å². The lowest BCUT2D eigenvalue weighted by Crippen LogP contribution is -2.18. The molecule has 0 saturated heterocycles. The zero-order valence-electron chi connectivity index (χ0n) is 9.45. The Morgan fingerprint density at radius 3 is 2.47 bits per heavy atom. The Labute approximate surface area is 105 Å². The molecular weight excluding hydrogens is 267 g/mol. The highest BCUT2D eigenvalue weighted by molar-refractivity contribution is 6.00. The number of carbonyl (C=O) groups excluding carboxylic acids is 2. The number of rotatable bonds is 3. The van der Waals surface area contributed by atoms with Crippen molar-refractivity contribution in [3.05, 3.63) is 28.8 Å². The van der Waals surface area contributed by atoms with Crippen LogP contribution in [0.3, 0.4) is 0 Å². The van der Waals surface area contributed by atoms with Gasteiger partial charge in [-0.25, -0.2) is 4.79 Å². The number of alkyl halides is 3. The molecule has 0 spiro atoms. The minimum absolute atomic E-state index is 0.135. The number of nitriles is 1. The maximum absolute atomic E-state index is 12.1. The lowest BCUT2D eigenvalue weighted by Gasteiger charge is -2.11. The van der Waals surface area contributed by atoms with Gasteiger partial charge in [-0.3, -0.25) is 4.79 Å². The maximum Gasteiger partial charge on any atom is 0.573 e. The molecule has 0 amide bonds. The van der Waals surface area contributed by atoms with E-state index in [1.807, 2.05) is 0 Å². The second kappa shape index (κ2) is 5.39. The summed E-state index contributed by atoms with van der Waals surface area (Å²) in [5.74, 6) is -1.77. The van der Waals surface area contributed by atoms with Crippen LogP contribution >= 0.6 is 0 Å². The van der Waals surface area contributed by atoms with Gasteiger partial charge in [0.05, 0.1) is 18.2 Å². The molecule has 0 aliphatic carbocycles. The Morgan fingerprint density at radius 1 is 1.42 bits per heavy atom. The third kappa shape index (κ3) is 3.45. The molecule has 0 fully saturated rings. The normalized spacial score (nSPS) is 10.5. The minimum Gasteiger partial charge on any atom is -0.465 e. The average Bonchev–Trinajstić information content (AvgIpc) is 2.34. The van der Waals surface area contributed by atoms with Crippen LogP contribution in [0.15, 0.2) is 12.1 Å². The number of hydrogen-bond acceptors (Lipinski definition) is 5. The van der Waals surface area contributed by atoms with E-state index in [4.69, 9.17) is 5.26 Å². The number of methoxy groups -OCH3 is 1. The molecule has 1 rings (SSSR count). The first-order chi connectivity index (χ1) is 8.82. The summed E-state index contributed by atoms with van der Waals surface area (Å²) in [7, 11) is 1.01. The first-order valence-corrected chi connectivity index (χ1v) is 4.69. The van der Waals surface area contributed by atoms with E-state index in [0.717, 1.165) is 7.11 Å². The van der Waals surface area contributed by atoms with E-state index in [1.54, 1.807) is 0 Å². The zero-order valence-corrected chi connectivity index (χ0v) is 9.45. The van der Waals surface area contributed by atoms with Crippen LogP contribution in [0.4, 0.5) is 13.2 Å². The average molecular weight is 273 g/mol. The van der Waals surface area contributed by atoms with Gasteiger partial charge in [0.1, 0.15) is 11.8 Å². The van der Waals surface area contributed by atoms with E-state index >= 15 is 0 Å². The highest BCUT2D eigenvalue weighted by Gasteiger charge is 2.32. The standard InChI is InChI=1S/C11H6F3NO4/c1-18-10(17)9-6(4-15)2-8(3-7(9)5-16)19-11(12,13)14/h2-3,5H,1H3. The topological polar surface area (TPSA) is 76.4 Å². The Bertz CT molecular complexity index is 560. The fraction of sp³-hybridized carbons (Fsp3) is 0.182. The van der Waals surface area contributed by atoms with E-state index in [2.05, 4.69) is 9.47 Å². The number of benzene rings is 1. The SMILES string of the molecule is COC(=O)c1c(C#N)cc(OC(F)(F)F)cc1C=O. The summed E-state index contributed by atoms with van der Waals surface area (Å²) < 4.78 is 44.1. The van der Waals surface area contributed by atoms with Gasteiger partial charge in [0, 0.05) is 5.56 Å². The number of hydrogen-bond donors (Lipinski definition) is 0. The molecule has 1 aromatic carbocycles. The van der Waals surface area contributed by atoms with Gasteiger partial charge in [0.25, 0.3) is 0 Å². The molecule has 0 bridgehead atoms. The Balaban J connectivity index is 3.41. The first-order valence-electron chi connectivity index (χ1n) is 4.69. The van der Waals surface area contributed by atoms with E-state index in [9.17, 15) is 22.8 Å². The Hall–Kier alpha value is -2.56. The molecule has 5 nitrogen and oxygen atoms in total. The van der Waals surface area contributed by atoms with E-state index in [-0.39, 0.29) is 6.29 Å². The summed E-state index contributed by atoms with van der Waals surface area (Å²) in [6.07, 6.45) is -4.84. The highest BCUT2D eigenvalue weighted by atomic mass is 19.4. The largest absolute Gasteiger partial charge is 0.573 e. The molecule has 0 unspecified atom stereocenters. The van der Waals surface area contributed by atoms with Crippen molar-refractivity contribution in [2.24, 2.45) is 0 Å². The molecule has 0 heterocycles. The Kier molecular flexibility index (Phi) is 4.11. The number of aldehydes is 1. The van der Waals surface area contributed by atoms with Crippen molar-refractivity contribution in [3.8, 4) is 11.8 Å². The Morgan fingerprint density at radius 2 is 2.05 bits per heavy atom. The van der Waals surface area contributed by atoms with Gasteiger partial charge < -0.3 is 9.47 Å². The van der Waals surface area contributed by atoms with E-state index < -0.39 is 34.8 Å². The maximum atomic E-state index is 12.1. The van der Waals surface area contributed by atoms with Crippen LogP contribution in [0.1, 0.15) is 26.3 Å². The third-order valence-electron chi connectivity index (χ3n) is 2.01. The van der Waals surface area contributed by atoms with Crippen LogP contribution < -0.4 is 4.74 Å². The monoisotopic (exact) mass is 273 g/mol. The van der Waals surface area contributed by atoms with Gasteiger partial charge in [-0.05, 0) is 12.1 Å². The van der Waals surface area contributed by atoms with E-state index in [0.29, 0.717) is 12.1 Å². The molecule has 0 aliphatic rings. The molecule has 19 heavy (non-hydrogen) atoms. The van der Waals surface area contributed by atoms with Crippen LogP contribution in [0.2, 0.25) is 0 Å². The lowest BCUT2D eigenvalue weighted by atomic mass is 10.0. The molecular formula is C11H6F3NO4. The quantitative estimate of drug-likeness (QED) is 0.622. The molecule has 0 N–H and O–H groups in total. The van der Waals surface area contributed by atoms with Gasteiger partial charge in [0.2, 0.25) is 0 Å². The highest BCUT2D eigenvalue weighted by Crippen LogP contribution is 2.27. The summed E-state index contributed by atoms with van der Waals surface area (Å²) >= 11 is 0. The summed E-state index contributed by atoms with van der Waals surface area (Å²) in [4.78, 5) is 22.2. The van der Waals surface area contributed by atoms with Crippen molar-refractivity contribution in [1.82, 2.24) is 0 Å². The summed E-state index contributed by atoms with van der Waals surface area (Å²) in [6.45, 7) is 0. The molecule has 1 aromatic rings. The number of nitrogens with zero attached hydrogens (tertiary/aromatic N) is 1. The van der Waals surface area contributed by atoms with Gasteiger partial charge in [0.15, 0.2) is 6.29 Å². The fourth-order valence-corrected chi connectivity index (χ4v) is 1.34. The second-order valence-electron chi connectivity index (χ2n) is 3.20. The fourth-order valence-electron chi connectivity index (χ4n) is 1.34. The summed E-state index contributed by atoms with van der Waals surface area (Å²) in [5, 5.41) is 8.80. The molecule has 8 heteroatoms. The van der Waals surface area contributed by atoms with Crippen LogP contribution in [-0.4, -0.2) is 25.7 Å². The van der Waals surface area contributed by atoms with Crippen molar-refractivity contribution >= 4 is 12.3 Å². The number of esters is 1. The van der Waals surface area contributed by atoms with Gasteiger partial charge in [-0.15, -0.1) is 13.2 Å². The van der Waals surface area contributed by atoms with Gasteiger partial charge in [-0.2, -0.15) is 5.26 Å². The predicted octanol–water partition coefficient (Wildman–Crippen LogP) is 2.06. The molecule has 0 radical (unpaired) electrons. The van der Waals surface area contributed by atoms with Crippen LogP contribution in [-0.2, 0) is 4.74 Å². The van der Waals surface area contributed by atoms with Gasteiger partial charge in [-0.1, -0.05) is 0 Å². The third-order valence-corrected chi connectivity index (χ3v) is 2.01.